The van der Waals surface area contributed by atoms with E-state index in [0.29, 0.717) is 17.1 Å². The molecule has 0 saturated carbocycles. The first-order valence-electron chi connectivity index (χ1n) is 10.7. The zero-order valence-corrected chi connectivity index (χ0v) is 20.0. The minimum absolute atomic E-state index is 0.173. The number of carbonyl (C=O) groups excluding carboxylic acids is 5. The van der Waals surface area contributed by atoms with Crippen LogP contribution in [-0.2, 0) is 9.59 Å². The molecule has 2 aromatic rings. The molecule has 1 aliphatic rings. The Morgan fingerprint density at radius 3 is 1.65 bits per heavy atom. The van der Waals surface area contributed by atoms with E-state index in [4.69, 9.17) is 0 Å². The maximum absolute atomic E-state index is 13.0. The molecule has 9 nitrogen and oxygen atoms in total. The van der Waals surface area contributed by atoms with Crippen molar-refractivity contribution >= 4 is 46.6 Å². The van der Waals surface area contributed by atoms with Crippen molar-refractivity contribution in [1.29, 1.82) is 0 Å². The van der Waals surface area contributed by atoms with Crippen LogP contribution in [0.5, 0.6) is 0 Å². The number of rotatable bonds is 4. The number of benzene rings is 2. The number of anilines is 3. The predicted octanol–water partition coefficient (Wildman–Crippen LogP) is 3.79. The van der Waals surface area contributed by atoms with Gasteiger partial charge in [-0.05, 0) is 36.4 Å². The molecule has 0 fully saturated rings. The second-order valence-corrected chi connectivity index (χ2v) is 10.2. The highest BCUT2D eigenvalue weighted by molar-refractivity contribution is 6.22. The molecule has 2 aromatic carbocycles. The molecule has 178 valence electrons. The van der Waals surface area contributed by atoms with Crippen molar-refractivity contribution in [3.05, 3.63) is 53.1 Å². The van der Waals surface area contributed by atoms with Crippen molar-refractivity contribution in [2.45, 2.75) is 41.5 Å². The Balaban J connectivity index is 1.92. The molecule has 5 amide bonds. The van der Waals surface area contributed by atoms with Crippen LogP contribution in [0.4, 0.5) is 17.1 Å². The van der Waals surface area contributed by atoms with E-state index in [1.807, 2.05) is 0 Å². The number of fused-ring (bicyclic) bond motifs is 1. The number of hydrogen-bond acceptors (Lipinski definition) is 5. The van der Waals surface area contributed by atoms with Gasteiger partial charge in [0.1, 0.15) is 0 Å². The highest BCUT2D eigenvalue weighted by atomic mass is 16.2. The number of carbonyl (C=O) groups is 5. The molecule has 0 radical (unpaired) electrons. The highest BCUT2D eigenvalue weighted by Gasteiger charge is 2.27. The van der Waals surface area contributed by atoms with E-state index >= 15 is 0 Å². The lowest BCUT2D eigenvalue weighted by atomic mass is 9.95. The maximum Gasteiger partial charge on any atom is 0.259 e. The van der Waals surface area contributed by atoms with E-state index in [2.05, 4.69) is 21.3 Å². The SMILES string of the molecule is CC(C)(C)C(=O)Nc1cc(NC(=O)C(C)(C)C)cc(C(=O)Nc2ccc3c(c2)C(=O)NC3=O)c1. The minimum atomic E-state index is -0.671. The summed E-state index contributed by atoms with van der Waals surface area (Å²) in [5.74, 6) is -2.06. The van der Waals surface area contributed by atoms with Crippen LogP contribution in [0.25, 0.3) is 0 Å². The normalized spacial score (nSPS) is 13.1. The van der Waals surface area contributed by atoms with Crippen LogP contribution < -0.4 is 21.3 Å². The molecule has 9 heteroatoms. The molecule has 0 unspecified atom stereocenters. The summed E-state index contributed by atoms with van der Waals surface area (Å²) in [5, 5.41) is 10.4. The van der Waals surface area contributed by atoms with Gasteiger partial charge < -0.3 is 16.0 Å². The maximum atomic E-state index is 13.0. The van der Waals surface area contributed by atoms with Crippen LogP contribution >= 0.6 is 0 Å². The Morgan fingerprint density at radius 1 is 0.647 bits per heavy atom. The monoisotopic (exact) mass is 464 g/mol. The van der Waals surface area contributed by atoms with E-state index in [1.54, 1.807) is 47.6 Å². The molecule has 0 aromatic heterocycles. The van der Waals surface area contributed by atoms with Gasteiger partial charge in [0.05, 0.1) is 11.1 Å². The van der Waals surface area contributed by atoms with Crippen molar-refractivity contribution in [1.82, 2.24) is 5.32 Å². The van der Waals surface area contributed by atoms with E-state index in [-0.39, 0.29) is 28.5 Å². The third-order valence-electron chi connectivity index (χ3n) is 5.07. The van der Waals surface area contributed by atoms with Gasteiger partial charge in [0.25, 0.3) is 17.7 Å². The van der Waals surface area contributed by atoms with Crippen molar-refractivity contribution in [3.8, 4) is 0 Å². The average Bonchev–Trinajstić information content (AvgIpc) is 2.99. The standard InChI is InChI=1S/C25H28N4O5/c1-24(2,3)22(33)27-15-9-13(10-16(11-15)28-23(34)25(4,5)6)19(30)26-14-7-8-17-18(12-14)21(32)29-20(17)31/h7-12H,1-6H3,(H,26,30)(H,27,33)(H,28,34)(H,29,31,32). The second-order valence-electron chi connectivity index (χ2n) is 10.2. The fourth-order valence-corrected chi connectivity index (χ4v) is 2.99. The van der Waals surface area contributed by atoms with Crippen LogP contribution in [0.1, 0.15) is 72.6 Å². The van der Waals surface area contributed by atoms with Crippen LogP contribution in [0.15, 0.2) is 36.4 Å². The first-order chi connectivity index (χ1) is 15.6. The molecule has 1 heterocycles. The molecular formula is C25H28N4O5. The lowest BCUT2D eigenvalue weighted by molar-refractivity contribution is -0.123. The van der Waals surface area contributed by atoms with E-state index in [1.165, 1.54) is 30.3 Å². The van der Waals surface area contributed by atoms with Crippen molar-refractivity contribution < 1.29 is 24.0 Å². The lowest BCUT2D eigenvalue weighted by Crippen LogP contribution is -2.29. The quantitative estimate of drug-likeness (QED) is 0.511. The fourth-order valence-electron chi connectivity index (χ4n) is 2.99. The number of imide groups is 1. The summed E-state index contributed by atoms with van der Waals surface area (Å²) in [6, 6.07) is 8.96. The summed E-state index contributed by atoms with van der Waals surface area (Å²) in [4.78, 5) is 61.7. The smallest absolute Gasteiger partial charge is 0.259 e. The van der Waals surface area contributed by atoms with E-state index in [9.17, 15) is 24.0 Å². The molecular weight excluding hydrogens is 436 g/mol. The average molecular weight is 465 g/mol. The minimum Gasteiger partial charge on any atom is -0.326 e. The van der Waals surface area contributed by atoms with Gasteiger partial charge in [-0.25, -0.2) is 0 Å². The molecule has 34 heavy (non-hydrogen) atoms. The lowest BCUT2D eigenvalue weighted by Gasteiger charge is -2.20. The van der Waals surface area contributed by atoms with Crippen LogP contribution in [-0.4, -0.2) is 29.5 Å². The Bertz CT molecular complexity index is 1170. The summed E-state index contributed by atoms with van der Waals surface area (Å²) < 4.78 is 0. The third-order valence-corrected chi connectivity index (χ3v) is 5.07. The Labute approximate surface area is 197 Å². The molecule has 1 aliphatic heterocycles. The Kier molecular flexibility index (Phi) is 6.33. The van der Waals surface area contributed by atoms with Crippen LogP contribution in [0.3, 0.4) is 0 Å². The summed E-state index contributed by atoms with van der Waals surface area (Å²) in [6.45, 7) is 10.6. The van der Waals surface area contributed by atoms with Crippen molar-refractivity contribution in [3.63, 3.8) is 0 Å². The second kappa shape index (κ2) is 8.74. The summed E-state index contributed by atoms with van der Waals surface area (Å²) >= 11 is 0. The van der Waals surface area contributed by atoms with Gasteiger partial charge in [0.15, 0.2) is 0 Å². The van der Waals surface area contributed by atoms with Crippen LogP contribution in [0, 0.1) is 10.8 Å². The molecule has 0 atom stereocenters. The molecule has 0 aliphatic carbocycles. The predicted molar refractivity (Wildman–Crippen MR) is 129 cm³/mol. The van der Waals surface area contributed by atoms with Crippen molar-refractivity contribution in [2.24, 2.45) is 10.8 Å². The Hall–Kier alpha value is -4.01. The summed E-state index contributed by atoms with van der Waals surface area (Å²) in [5.41, 5.74) is 0.251. The summed E-state index contributed by atoms with van der Waals surface area (Å²) in [6.07, 6.45) is 0. The third kappa shape index (κ3) is 5.48. The van der Waals surface area contributed by atoms with E-state index in [0.717, 1.165) is 0 Å². The number of hydrogen-bond donors (Lipinski definition) is 4. The van der Waals surface area contributed by atoms with Gasteiger partial charge in [0, 0.05) is 33.5 Å². The molecule has 4 N–H and O–H groups in total. The zero-order chi connectivity index (χ0) is 25.4. The first-order valence-corrected chi connectivity index (χ1v) is 10.7. The van der Waals surface area contributed by atoms with Gasteiger partial charge >= 0.3 is 0 Å². The number of nitrogens with one attached hydrogen (secondary N) is 4. The van der Waals surface area contributed by atoms with Crippen molar-refractivity contribution in [2.75, 3.05) is 16.0 Å². The highest BCUT2D eigenvalue weighted by Crippen LogP contribution is 2.26. The van der Waals surface area contributed by atoms with Gasteiger partial charge in [-0.1, -0.05) is 41.5 Å². The Morgan fingerprint density at radius 2 is 1.15 bits per heavy atom. The molecule has 0 spiro atoms. The van der Waals surface area contributed by atoms with Gasteiger partial charge in [-0.2, -0.15) is 0 Å². The molecule has 0 saturated heterocycles. The molecule has 0 bridgehead atoms. The zero-order valence-electron chi connectivity index (χ0n) is 20.0. The van der Waals surface area contributed by atoms with Gasteiger partial charge in [-0.3, -0.25) is 29.3 Å². The first kappa shape index (κ1) is 24.6. The van der Waals surface area contributed by atoms with Gasteiger partial charge in [0.2, 0.25) is 11.8 Å². The van der Waals surface area contributed by atoms with E-state index < -0.39 is 28.6 Å². The fraction of sp³-hybridized carbons (Fsp3) is 0.320. The largest absolute Gasteiger partial charge is 0.326 e. The summed E-state index contributed by atoms with van der Waals surface area (Å²) in [7, 11) is 0. The van der Waals surface area contributed by atoms with Gasteiger partial charge in [-0.15, -0.1) is 0 Å². The topological polar surface area (TPSA) is 133 Å². The number of amides is 5. The molecule has 3 rings (SSSR count). The van der Waals surface area contributed by atoms with Crippen LogP contribution in [0.2, 0.25) is 0 Å².